The Morgan fingerprint density at radius 1 is 1.13 bits per heavy atom. The number of anilines is 1. The molecule has 5 rings (SSSR count). The zero-order chi connectivity index (χ0) is 21.6. The van der Waals surface area contributed by atoms with E-state index in [-0.39, 0.29) is 18.4 Å². The quantitative estimate of drug-likeness (QED) is 0.707. The van der Waals surface area contributed by atoms with E-state index in [1.54, 1.807) is 23.1 Å². The number of carbonyl (C=O) groups is 2. The van der Waals surface area contributed by atoms with Crippen LogP contribution in [-0.2, 0) is 21.5 Å². The van der Waals surface area contributed by atoms with Crippen molar-refractivity contribution >= 4 is 17.5 Å². The van der Waals surface area contributed by atoms with Crippen LogP contribution in [0.3, 0.4) is 0 Å². The molecule has 2 aromatic carbocycles. The minimum absolute atomic E-state index is 0.183. The summed E-state index contributed by atoms with van der Waals surface area (Å²) in [4.78, 5) is 43.9. The first-order chi connectivity index (χ1) is 15.0. The highest BCUT2D eigenvalue weighted by molar-refractivity contribution is 6.07. The van der Waals surface area contributed by atoms with Crippen molar-refractivity contribution in [1.29, 1.82) is 0 Å². The summed E-state index contributed by atoms with van der Waals surface area (Å²) < 4.78 is 14.9. The van der Waals surface area contributed by atoms with Gasteiger partial charge in [-0.3, -0.25) is 14.2 Å². The third kappa shape index (κ3) is 2.94. The van der Waals surface area contributed by atoms with Crippen molar-refractivity contribution in [3.05, 3.63) is 94.4 Å². The van der Waals surface area contributed by atoms with E-state index in [0.29, 0.717) is 18.5 Å². The van der Waals surface area contributed by atoms with Crippen LogP contribution in [-0.4, -0.2) is 32.8 Å². The number of nitrogens with zero attached hydrogens (tertiary/aromatic N) is 3. The topological polar surface area (TPSA) is 84.3 Å². The third-order valence-corrected chi connectivity index (χ3v) is 6.18. The Labute approximate surface area is 177 Å². The Morgan fingerprint density at radius 3 is 2.68 bits per heavy atom. The molecule has 7 nitrogen and oxygen atoms in total. The molecule has 0 saturated carbocycles. The van der Waals surface area contributed by atoms with Crippen molar-refractivity contribution in [3.8, 4) is 0 Å². The number of fused-ring (bicyclic) bond motifs is 2. The first kappa shape index (κ1) is 19.2. The van der Waals surface area contributed by atoms with Gasteiger partial charge in [0.1, 0.15) is 17.8 Å². The van der Waals surface area contributed by atoms with Crippen LogP contribution in [0.2, 0.25) is 0 Å². The molecule has 0 unspecified atom stereocenters. The normalized spacial score (nSPS) is 21.9. The predicted molar refractivity (Wildman–Crippen MR) is 111 cm³/mol. The summed E-state index contributed by atoms with van der Waals surface area (Å²) in [7, 11) is 0. The molecule has 1 spiro atoms. The number of nitrogens with one attached hydrogen (secondary N) is 1. The lowest BCUT2D eigenvalue weighted by atomic mass is 9.72. The molecular weight excluding hydrogens is 399 g/mol. The van der Waals surface area contributed by atoms with Crippen LogP contribution in [0.25, 0.3) is 0 Å². The van der Waals surface area contributed by atoms with E-state index >= 15 is 0 Å². The Hall–Kier alpha value is -3.81. The summed E-state index contributed by atoms with van der Waals surface area (Å²) in [6.07, 6.45) is 3.30. The van der Waals surface area contributed by atoms with Gasteiger partial charge >= 0.3 is 5.69 Å². The highest BCUT2D eigenvalue weighted by Crippen LogP contribution is 2.54. The van der Waals surface area contributed by atoms with E-state index in [0.717, 1.165) is 11.3 Å². The molecule has 3 aromatic rings. The van der Waals surface area contributed by atoms with Gasteiger partial charge in [0.15, 0.2) is 0 Å². The Balaban J connectivity index is 1.60. The van der Waals surface area contributed by atoms with E-state index in [4.69, 9.17) is 0 Å². The van der Waals surface area contributed by atoms with E-state index in [1.165, 1.54) is 29.1 Å². The molecular formula is C23H19FN4O3. The van der Waals surface area contributed by atoms with Gasteiger partial charge in [-0.15, -0.1) is 0 Å². The van der Waals surface area contributed by atoms with Gasteiger partial charge in [-0.25, -0.2) is 14.2 Å². The highest BCUT2D eigenvalue weighted by Gasteiger charge is 2.59. The molecule has 1 saturated heterocycles. The van der Waals surface area contributed by atoms with Crippen LogP contribution in [0, 0.1) is 5.82 Å². The minimum Gasteiger partial charge on any atom is -0.333 e. The fourth-order valence-electron chi connectivity index (χ4n) is 4.81. The number of benzene rings is 2. The zero-order valence-corrected chi connectivity index (χ0v) is 16.5. The summed E-state index contributed by atoms with van der Waals surface area (Å²) in [5.41, 5.74) is 0.703. The number of carbonyl (C=O) groups excluding carboxylic acids is 2. The lowest BCUT2D eigenvalue weighted by Gasteiger charge is -2.34. The minimum atomic E-state index is -0.982. The number of hydrogen-bond donors (Lipinski definition) is 1. The van der Waals surface area contributed by atoms with Crippen molar-refractivity contribution < 1.29 is 14.0 Å². The molecule has 3 heterocycles. The van der Waals surface area contributed by atoms with Crippen molar-refractivity contribution in [2.24, 2.45) is 0 Å². The molecule has 0 radical (unpaired) electrons. The van der Waals surface area contributed by atoms with E-state index in [1.807, 2.05) is 24.3 Å². The van der Waals surface area contributed by atoms with Crippen LogP contribution in [0.5, 0.6) is 0 Å². The highest BCUT2D eigenvalue weighted by atomic mass is 19.1. The summed E-state index contributed by atoms with van der Waals surface area (Å²) in [6.45, 7) is 0.140. The van der Waals surface area contributed by atoms with Crippen LogP contribution in [0.4, 0.5) is 10.1 Å². The fraction of sp³-hybridized carbons (Fsp3) is 0.217. The van der Waals surface area contributed by atoms with Gasteiger partial charge in [0.25, 0.3) is 0 Å². The fourth-order valence-corrected chi connectivity index (χ4v) is 4.81. The van der Waals surface area contributed by atoms with Gasteiger partial charge in [-0.2, -0.15) is 0 Å². The molecule has 1 N–H and O–H groups in total. The van der Waals surface area contributed by atoms with Crippen molar-refractivity contribution in [2.45, 2.75) is 24.4 Å². The summed E-state index contributed by atoms with van der Waals surface area (Å²) in [5.74, 6) is -0.887. The van der Waals surface area contributed by atoms with Gasteiger partial charge in [0.05, 0.1) is 6.04 Å². The van der Waals surface area contributed by atoms with Crippen LogP contribution in [0.1, 0.15) is 23.6 Å². The van der Waals surface area contributed by atoms with Crippen molar-refractivity contribution in [1.82, 2.24) is 14.5 Å². The van der Waals surface area contributed by atoms with E-state index < -0.39 is 23.0 Å². The maximum Gasteiger partial charge on any atom is 0.347 e. The number of hydrogen-bond acceptors (Lipinski definition) is 4. The smallest absolute Gasteiger partial charge is 0.333 e. The molecule has 2 aliphatic rings. The first-order valence-corrected chi connectivity index (χ1v) is 9.98. The number of amides is 2. The number of halogens is 1. The SMILES string of the molecule is O=C(Cn1cccnc1=O)N1CC[C@]2(C(=O)Nc3ccccc32)[C@@H]1c1ccc(F)cc1. The molecule has 31 heavy (non-hydrogen) atoms. The Morgan fingerprint density at radius 2 is 1.90 bits per heavy atom. The monoisotopic (exact) mass is 418 g/mol. The lowest BCUT2D eigenvalue weighted by Crippen LogP contribution is -2.44. The second-order valence-electron chi connectivity index (χ2n) is 7.79. The second-order valence-corrected chi connectivity index (χ2v) is 7.79. The molecule has 8 heteroatoms. The Bertz CT molecular complexity index is 1240. The molecule has 2 amide bonds. The van der Waals surface area contributed by atoms with Gasteiger partial charge in [-0.1, -0.05) is 30.3 Å². The maximum atomic E-state index is 13.6. The number of para-hydroxylation sites is 1. The number of likely N-dealkylation sites (tertiary alicyclic amines) is 1. The van der Waals surface area contributed by atoms with Gasteiger partial charge in [0, 0.05) is 24.6 Å². The average Bonchev–Trinajstić information content (AvgIpc) is 3.30. The molecule has 2 atom stereocenters. The standard InChI is InChI=1S/C23H19FN4O3/c24-16-8-6-15(7-9-16)20-23(17-4-1-2-5-18(17)26-21(23)30)10-13-28(20)19(29)14-27-12-3-11-25-22(27)31/h1-9,11-12,20H,10,13-14H2,(H,26,30)/t20-,23+/m0/s1. The predicted octanol–water partition coefficient (Wildman–Crippen LogP) is 2.25. The third-order valence-electron chi connectivity index (χ3n) is 6.18. The van der Waals surface area contributed by atoms with Crippen molar-refractivity contribution in [3.63, 3.8) is 0 Å². The number of aromatic nitrogens is 2. The zero-order valence-electron chi connectivity index (χ0n) is 16.5. The molecule has 2 aliphatic heterocycles. The van der Waals surface area contributed by atoms with Crippen molar-refractivity contribution in [2.75, 3.05) is 11.9 Å². The maximum absolute atomic E-state index is 13.6. The summed E-state index contributed by atoms with van der Waals surface area (Å²) in [5, 5.41) is 2.94. The first-order valence-electron chi connectivity index (χ1n) is 9.98. The molecule has 156 valence electrons. The molecule has 0 bridgehead atoms. The average molecular weight is 418 g/mol. The largest absolute Gasteiger partial charge is 0.347 e. The molecule has 1 fully saturated rings. The van der Waals surface area contributed by atoms with Crippen LogP contribution < -0.4 is 11.0 Å². The summed E-state index contributed by atoms with van der Waals surface area (Å²) in [6, 6.07) is 14.3. The van der Waals surface area contributed by atoms with Crippen LogP contribution in [0.15, 0.2) is 71.8 Å². The molecule has 0 aliphatic carbocycles. The van der Waals surface area contributed by atoms with Gasteiger partial charge in [-0.05, 0) is 41.8 Å². The van der Waals surface area contributed by atoms with Gasteiger partial charge in [0.2, 0.25) is 11.8 Å². The molecule has 1 aromatic heterocycles. The van der Waals surface area contributed by atoms with Gasteiger partial charge < -0.3 is 10.2 Å². The lowest BCUT2D eigenvalue weighted by molar-refractivity contribution is -0.134. The number of rotatable bonds is 3. The summed E-state index contributed by atoms with van der Waals surface area (Å²) >= 11 is 0. The second kappa shape index (κ2) is 7.16. The van der Waals surface area contributed by atoms with Crippen LogP contribution >= 0.6 is 0 Å². The van der Waals surface area contributed by atoms with E-state index in [2.05, 4.69) is 10.3 Å². The Kier molecular flexibility index (Phi) is 4.43. The van der Waals surface area contributed by atoms with E-state index in [9.17, 15) is 18.8 Å².